The van der Waals surface area contributed by atoms with Crippen molar-refractivity contribution in [3.05, 3.63) is 71.5 Å². The van der Waals surface area contributed by atoms with Crippen molar-refractivity contribution in [1.82, 2.24) is 10.2 Å². The first-order chi connectivity index (χ1) is 17.4. The predicted molar refractivity (Wildman–Crippen MR) is 146 cm³/mol. The van der Waals surface area contributed by atoms with Crippen LogP contribution in [0.4, 0.5) is 0 Å². The van der Waals surface area contributed by atoms with Crippen LogP contribution in [0.25, 0.3) is 11.3 Å². The molecule has 0 spiro atoms. The van der Waals surface area contributed by atoms with Gasteiger partial charge in [0.25, 0.3) is 5.91 Å². The molecule has 1 aromatic rings. The first-order valence-electron chi connectivity index (χ1n) is 14.0. The Balaban J connectivity index is 1.10. The van der Waals surface area contributed by atoms with E-state index in [4.69, 9.17) is 4.42 Å². The van der Waals surface area contributed by atoms with Gasteiger partial charge in [0.1, 0.15) is 5.76 Å². The van der Waals surface area contributed by atoms with Crippen molar-refractivity contribution in [3.8, 4) is 11.3 Å². The number of hydrogen-bond acceptors (Lipinski definition) is 3. The highest BCUT2D eigenvalue weighted by Gasteiger charge is 2.28. The molecule has 192 valence electrons. The fourth-order valence-corrected chi connectivity index (χ4v) is 6.13. The van der Waals surface area contributed by atoms with Crippen LogP contribution in [-0.2, 0) is 5.41 Å². The summed E-state index contributed by atoms with van der Waals surface area (Å²) < 4.78 is 5.91. The fraction of sp³-hybridized carbons (Fsp3) is 0.531. The molecule has 1 amide bonds. The van der Waals surface area contributed by atoms with Crippen LogP contribution >= 0.6 is 0 Å². The molecule has 0 radical (unpaired) electrons. The van der Waals surface area contributed by atoms with Crippen LogP contribution in [0.1, 0.15) is 99.7 Å². The molecule has 1 unspecified atom stereocenters. The number of hydrogen-bond donors (Lipinski definition) is 1. The number of fused-ring (bicyclic) bond motifs is 1. The zero-order chi connectivity index (χ0) is 25.1. The van der Waals surface area contributed by atoms with Crippen molar-refractivity contribution in [2.75, 3.05) is 13.1 Å². The van der Waals surface area contributed by atoms with Crippen LogP contribution < -0.4 is 5.32 Å². The first kappa shape index (κ1) is 25.1. The third kappa shape index (κ3) is 5.86. The lowest BCUT2D eigenvalue weighted by molar-refractivity contribution is 0.0915. The molecular weight excluding hydrogens is 444 g/mol. The van der Waals surface area contributed by atoms with Crippen molar-refractivity contribution in [1.29, 1.82) is 0 Å². The number of carbonyl (C=O) groups is 1. The van der Waals surface area contributed by atoms with Gasteiger partial charge in [0.15, 0.2) is 0 Å². The smallest absolute Gasteiger partial charge is 0.251 e. The summed E-state index contributed by atoms with van der Waals surface area (Å²) in [5, 5.41) is 3.30. The second kappa shape index (κ2) is 10.8. The van der Waals surface area contributed by atoms with Gasteiger partial charge in [-0.05, 0) is 99.2 Å². The number of nitrogens with zero attached hydrogens (tertiary/aromatic N) is 1. The number of rotatable bonds is 6. The number of carbonyl (C=O) groups excluding carboxylic acids is 1. The lowest BCUT2D eigenvalue weighted by Crippen LogP contribution is -2.39. The summed E-state index contributed by atoms with van der Waals surface area (Å²) in [6.07, 6.45) is 11.6. The molecule has 1 atom stereocenters. The molecule has 2 heterocycles. The summed E-state index contributed by atoms with van der Waals surface area (Å²) in [4.78, 5) is 15.5. The topological polar surface area (TPSA) is 45.5 Å². The van der Waals surface area contributed by atoms with Gasteiger partial charge in [0.2, 0.25) is 0 Å². The second-order valence-electron chi connectivity index (χ2n) is 12.1. The molecule has 1 saturated heterocycles. The molecule has 2 aliphatic heterocycles. The van der Waals surface area contributed by atoms with Gasteiger partial charge in [-0.15, -0.1) is 0 Å². The predicted octanol–water partition coefficient (Wildman–Crippen LogP) is 7.59. The Morgan fingerprint density at radius 3 is 2.53 bits per heavy atom. The number of likely N-dealkylation sites (tertiary alicyclic amines) is 1. The normalized spacial score (nSPS) is 23.6. The van der Waals surface area contributed by atoms with E-state index >= 15 is 0 Å². The maximum atomic E-state index is 12.8. The van der Waals surface area contributed by atoms with Crippen LogP contribution in [0.5, 0.6) is 0 Å². The second-order valence-corrected chi connectivity index (χ2v) is 12.1. The number of amides is 1. The molecule has 4 aliphatic rings. The minimum Gasteiger partial charge on any atom is -0.464 e. The molecule has 36 heavy (non-hydrogen) atoms. The molecule has 2 aliphatic carbocycles. The molecule has 4 heteroatoms. The van der Waals surface area contributed by atoms with Crippen molar-refractivity contribution >= 4 is 5.91 Å². The Hall–Kier alpha value is -2.59. The Morgan fingerprint density at radius 1 is 1.00 bits per heavy atom. The molecular formula is C32H42N2O2. The minimum atomic E-state index is 0.0715. The summed E-state index contributed by atoms with van der Waals surface area (Å²) in [6, 6.07) is 17.5. The Morgan fingerprint density at radius 2 is 1.78 bits per heavy atom. The van der Waals surface area contributed by atoms with Gasteiger partial charge in [0, 0.05) is 28.8 Å². The highest BCUT2D eigenvalue weighted by atomic mass is 16.3. The van der Waals surface area contributed by atoms with Gasteiger partial charge in [-0.25, -0.2) is 0 Å². The third-order valence-corrected chi connectivity index (χ3v) is 8.47. The summed E-state index contributed by atoms with van der Waals surface area (Å²) in [6.45, 7) is 8.94. The van der Waals surface area contributed by atoms with E-state index in [9.17, 15) is 4.79 Å². The molecule has 1 saturated carbocycles. The monoisotopic (exact) mass is 486 g/mol. The molecule has 1 aromatic carbocycles. The maximum Gasteiger partial charge on any atom is 0.251 e. The standard InChI is InChI=1S/C32H42N2O2/c1-32(2,3)27-14-12-24(13-15-27)31(35)33-28-16-10-23(11-17-28)18-20-34-19-5-4-8-29(34)26-21-25-7-6-9-30(25)36-22-26/h6-7,9,12-15,21-23,28-29H,4-5,8,10-11,16-20H2,1-3H3,(H,33,35)/t23-,28-,29?. The third-order valence-electron chi connectivity index (χ3n) is 8.47. The van der Waals surface area contributed by atoms with E-state index in [1.54, 1.807) is 0 Å². The Kier molecular flexibility index (Phi) is 7.52. The fourth-order valence-electron chi connectivity index (χ4n) is 6.13. The first-order valence-corrected chi connectivity index (χ1v) is 14.0. The van der Waals surface area contributed by atoms with Crippen molar-refractivity contribution in [2.24, 2.45) is 5.92 Å². The van der Waals surface area contributed by atoms with E-state index in [1.807, 2.05) is 24.5 Å². The molecule has 2 fully saturated rings. The molecule has 0 bridgehead atoms. The number of nitrogens with one attached hydrogen (secondary N) is 1. The molecule has 4 nitrogen and oxygen atoms in total. The van der Waals surface area contributed by atoms with E-state index in [0.717, 1.165) is 36.6 Å². The van der Waals surface area contributed by atoms with E-state index in [-0.39, 0.29) is 11.3 Å². The zero-order valence-electron chi connectivity index (χ0n) is 22.3. The van der Waals surface area contributed by atoms with E-state index in [0.29, 0.717) is 12.1 Å². The molecule has 0 aromatic heterocycles. The van der Waals surface area contributed by atoms with Gasteiger partial charge in [-0.3, -0.25) is 9.69 Å². The highest BCUT2D eigenvalue weighted by Crippen LogP contribution is 2.36. The van der Waals surface area contributed by atoms with Crippen molar-refractivity contribution in [2.45, 2.75) is 89.6 Å². The van der Waals surface area contributed by atoms with Crippen LogP contribution in [-0.4, -0.2) is 29.9 Å². The van der Waals surface area contributed by atoms with Crippen LogP contribution in [0.15, 0.2) is 59.2 Å². The van der Waals surface area contributed by atoms with Gasteiger partial charge < -0.3 is 9.73 Å². The molecule has 5 rings (SSSR count). The van der Waals surface area contributed by atoms with Gasteiger partial charge in [-0.2, -0.15) is 0 Å². The molecule has 1 N–H and O–H groups in total. The lowest BCUT2D eigenvalue weighted by Gasteiger charge is -2.37. The number of benzene rings is 1. The van der Waals surface area contributed by atoms with Gasteiger partial charge in [-0.1, -0.05) is 51.5 Å². The SMILES string of the molecule is CC(C)(C)c1ccc(C(=O)N[C@H]2CC[C@H](CCN3CCCCC3c3coc4cccc-4c3)CC2)cc1. The van der Waals surface area contributed by atoms with E-state index in [1.165, 1.54) is 61.8 Å². The van der Waals surface area contributed by atoms with E-state index < -0.39 is 0 Å². The van der Waals surface area contributed by atoms with Crippen molar-refractivity contribution in [3.63, 3.8) is 0 Å². The maximum absolute atomic E-state index is 12.8. The van der Waals surface area contributed by atoms with Crippen LogP contribution in [0.2, 0.25) is 0 Å². The van der Waals surface area contributed by atoms with Crippen LogP contribution in [0.3, 0.4) is 0 Å². The van der Waals surface area contributed by atoms with Crippen molar-refractivity contribution < 1.29 is 9.21 Å². The number of piperidine rings is 1. The largest absolute Gasteiger partial charge is 0.464 e. The Labute approximate surface area is 216 Å². The van der Waals surface area contributed by atoms with Crippen LogP contribution in [0, 0.1) is 5.92 Å². The Bertz CT molecular complexity index is 1100. The zero-order valence-corrected chi connectivity index (χ0v) is 22.3. The summed E-state index contributed by atoms with van der Waals surface area (Å²) in [5.41, 5.74) is 4.68. The summed E-state index contributed by atoms with van der Waals surface area (Å²) in [5.74, 6) is 1.81. The average Bonchev–Trinajstić information content (AvgIpc) is 3.36. The van der Waals surface area contributed by atoms with E-state index in [2.05, 4.69) is 61.3 Å². The lowest BCUT2D eigenvalue weighted by atomic mass is 9.83. The van der Waals surface area contributed by atoms with Gasteiger partial charge >= 0.3 is 0 Å². The average molecular weight is 487 g/mol. The summed E-state index contributed by atoms with van der Waals surface area (Å²) in [7, 11) is 0. The highest BCUT2D eigenvalue weighted by molar-refractivity contribution is 5.94. The summed E-state index contributed by atoms with van der Waals surface area (Å²) >= 11 is 0. The minimum absolute atomic E-state index is 0.0715. The quantitative estimate of drug-likeness (QED) is 0.390. The van der Waals surface area contributed by atoms with Gasteiger partial charge in [0.05, 0.1) is 6.26 Å².